The smallest absolute Gasteiger partial charge is 0.316 e. The summed E-state index contributed by atoms with van der Waals surface area (Å²) in [5.74, 6) is -0.702. The van der Waals surface area contributed by atoms with Crippen LogP contribution < -0.4 is 0 Å². The number of carbonyl (C=O) groups is 2. The number of esters is 1. The van der Waals surface area contributed by atoms with Crippen molar-refractivity contribution in [3.05, 3.63) is 56.8 Å². The average Bonchev–Trinajstić information content (AvgIpc) is 3.05. The van der Waals surface area contributed by atoms with Gasteiger partial charge in [-0.15, -0.1) is 23.1 Å². The second-order valence-electron chi connectivity index (χ2n) is 4.10. The minimum absolute atomic E-state index is 0.00605. The Balaban J connectivity index is 1.75. The van der Waals surface area contributed by atoms with Crippen molar-refractivity contribution in [3.8, 4) is 0 Å². The third kappa shape index (κ3) is 4.68. The number of nitro groups is 1. The molecule has 0 aliphatic rings. The summed E-state index contributed by atoms with van der Waals surface area (Å²) in [5, 5.41) is 12.3. The van der Waals surface area contributed by atoms with Crippen molar-refractivity contribution in [3.63, 3.8) is 0 Å². The number of non-ortho nitro benzene ring substituents is 1. The average molecular weight is 337 g/mol. The Kier molecular flexibility index (Phi) is 5.68. The first-order valence-electron chi connectivity index (χ1n) is 6.16. The second kappa shape index (κ2) is 7.71. The highest BCUT2D eigenvalue weighted by atomic mass is 32.2. The zero-order valence-electron chi connectivity index (χ0n) is 11.3. The summed E-state index contributed by atoms with van der Waals surface area (Å²) in [5.41, 5.74) is -0.00605. The van der Waals surface area contributed by atoms with E-state index in [0.717, 1.165) is 0 Å². The number of carbonyl (C=O) groups excluding carboxylic acids is 2. The number of hydrogen-bond donors (Lipinski definition) is 0. The number of nitrogens with zero attached hydrogens (tertiary/aromatic N) is 1. The summed E-state index contributed by atoms with van der Waals surface area (Å²) < 4.78 is 4.90. The molecular weight excluding hydrogens is 326 g/mol. The van der Waals surface area contributed by atoms with Gasteiger partial charge in [-0.05, 0) is 23.6 Å². The van der Waals surface area contributed by atoms with E-state index in [4.69, 9.17) is 4.74 Å². The van der Waals surface area contributed by atoms with Crippen molar-refractivity contribution in [2.75, 3.05) is 12.4 Å². The van der Waals surface area contributed by atoms with Gasteiger partial charge in [-0.2, -0.15) is 0 Å². The van der Waals surface area contributed by atoms with Gasteiger partial charge in [-0.3, -0.25) is 19.7 Å². The largest absolute Gasteiger partial charge is 0.457 e. The molecular formula is C14H11NO5S2. The molecule has 0 saturated carbocycles. The highest BCUT2D eigenvalue weighted by Gasteiger charge is 2.11. The van der Waals surface area contributed by atoms with E-state index in [9.17, 15) is 19.7 Å². The lowest BCUT2D eigenvalue weighted by Gasteiger charge is -2.03. The van der Waals surface area contributed by atoms with E-state index >= 15 is 0 Å². The summed E-state index contributed by atoms with van der Waals surface area (Å²) in [6, 6.07) is 9.29. The molecule has 0 aliphatic carbocycles. The van der Waals surface area contributed by atoms with Crippen molar-refractivity contribution >= 4 is 40.5 Å². The number of ketones is 1. The topological polar surface area (TPSA) is 86.5 Å². The molecule has 1 aromatic carbocycles. The van der Waals surface area contributed by atoms with Gasteiger partial charge in [0.1, 0.15) is 0 Å². The van der Waals surface area contributed by atoms with E-state index in [0.29, 0.717) is 9.77 Å². The van der Waals surface area contributed by atoms with Crippen molar-refractivity contribution in [2.45, 2.75) is 4.90 Å². The summed E-state index contributed by atoms with van der Waals surface area (Å²) in [6.45, 7) is -0.278. The summed E-state index contributed by atoms with van der Waals surface area (Å²) in [6.07, 6.45) is 0. The molecule has 8 heteroatoms. The predicted molar refractivity (Wildman–Crippen MR) is 83.4 cm³/mol. The van der Waals surface area contributed by atoms with E-state index in [-0.39, 0.29) is 23.8 Å². The van der Waals surface area contributed by atoms with Crippen LogP contribution in [0.2, 0.25) is 0 Å². The number of nitro benzene ring substituents is 1. The fraction of sp³-hybridized carbons (Fsp3) is 0.143. The van der Waals surface area contributed by atoms with E-state index < -0.39 is 10.9 Å². The number of ether oxygens (including phenoxy) is 1. The van der Waals surface area contributed by atoms with Crippen LogP contribution in [0.4, 0.5) is 5.69 Å². The third-order valence-corrected chi connectivity index (χ3v) is 4.46. The molecule has 0 amide bonds. The van der Waals surface area contributed by atoms with Gasteiger partial charge < -0.3 is 4.74 Å². The number of hydrogen-bond acceptors (Lipinski definition) is 7. The molecule has 0 fully saturated rings. The van der Waals surface area contributed by atoms with E-state index in [1.54, 1.807) is 29.6 Å². The zero-order chi connectivity index (χ0) is 15.9. The number of rotatable bonds is 7. The van der Waals surface area contributed by atoms with Gasteiger partial charge in [0.25, 0.3) is 5.69 Å². The first kappa shape index (κ1) is 16.2. The van der Waals surface area contributed by atoms with Crippen LogP contribution in [0.25, 0.3) is 0 Å². The van der Waals surface area contributed by atoms with Gasteiger partial charge in [-0.1, -0.05) is 6.07 Å². The minimum atomic E-state index is -0.506. The molecule has 22 heavy (non-hydrogen) atoms. The van der Waals surface area contributed by atoms with Gasteiger partial charge in [0.15, 0.2) is 6.61 Å². The summed E-state index contributed by atoms with van der Waals surface area (Å²) in [7, 11) is 0. The van der Waals surface area contributed by atoms with Crippen LogP contribution >= 0.6 is 23.1 Å². The quantitative estimate of drug-likeness (QED) is 0.253. The normalized spacial score (nSPS) is 10.2. The summed E-state index contributed by atoms with van der Waals surface area (Å²) in [4.78, 5) is 34.5. The van der Waals surface area contributed by atoms with Crippen molar-refractivity contribution < 1.29 is 19.2 Å². The third-order valence-electron chi connectivity index (χ3n) is 2.56. The highest BCUT2D eigenvalue weighted by Crippen LogP contribution is 2.21. The van der Waals surface area contributed by atoms with Crippen LogP contribution in [0.1, 0.15) is 9.67 Å². The Morgan fingerprint density at radius 3 is 2.55 bits per heavy atom. The number of benzene rings is 1. The van der Waals surface area contributed by atoms with Crippen molar-refractivity contribution in [1.29, 1.82) is 0 Å². The Morgan fingerprint density at radius 2 is 1.95 bits per heavy atom. The Hall–Kier alpha value is -2.19. The maximum absolute atomic E-state index is 11.6. The summed E-state index contributed by atoms with van der Waals surface area (Å²) >= 11 is 2.49. The number of Topliss-reactive ketones (excluding diaryl/α,β-unsaturated/α-hetero) is 1. The number of thiophene rings is 1. The Labute approximate surface area is 134 Å². The monoisotopic (exact) mass is 337 g/mol. The maximum Gasteiger partial charge on any atom is 0.316 e. The molecule has 0 saturated heterocycles. The van der Waals surface area contributed by atoms with Crippen molar-refractivity contribution in [1.82, 2.24) is 0 Å². The SMILES string of the molecule is O=C(CSc1ccc([N+](=O)[O-])cc1)OCC(=O)c1cccs1. The molecule has 0 aliphatic heterocycles. The molecule has 1 aromatic heterocycles. The molecule has 2 aromatic rings. The maximum atomic E-state index is 11.6. The van der Waals surface area contributed by atoms with Gasteiger partial charge >= 0.3 is 5.97 Å². The minimum Gasteiger partial charge on any atom is -0.457 e. The lowest BCUT2D eigenvalue weighted by molar-refractivity contribution is -0.384. The second-order valence-corrected chi connectivity index (χ2v) is 6.10. The molecule has 0 radical (unpaired) electrons. The first-order chi connectivity index (χ1) is 10.6. The fourth-order valence-electron chi connectivity index (χ4n) is 1.50. The predicted octanol–water partition coefficient (Wildman–Crippen LogP) is 3.17. The van der Waals surface area contributed by atoms with Gasteiger partial charge in [-0.25, -0.2) is 0 Å². The van der Waals surface area contributed by atoms with Crippen LogP contribution in [0, 0.1) is 10.1 Å². The van der Waals surface area contributed by atoms with E-state index in [2.05, 4.69) is 0 Å². The van der Waals surface area contributed by atoms with Crippen LogP contribution in [-0.4, -0.2) is 29.0 Å². The van der Waals surface area contributed by atoms with Gasteiger partial charge in [0, 0.05) is 17.0 Å². The number of thioether (sulfide) groups is 1. The van der Waals surface area contributed by atoms with Crippen LogP contribution in [0.3, 0.4) is 0 Å². The molecule has 0 spiro atoms. The molecule has 1 heterocycles. The van der Waals surface area contributed by atoms with Crippen LogP contribution in [0.15, 0.2) is 46.7 Å². The van der Waals surface area contributed by atoms with Crippen molar-refractivity contribution in [2.24, 2.45) is 0 Å². The van der Waals surface area contributed by atoms with Gasteiger partial charge in [0.05, 0.1) is 15.6 Å². The highest BCUT2D eigenvalue weighted by molar-refractivity contribution is 8.00. The standard InChI is InChI=1S/C14H11NO5S2/c16-12(13-2-1-7-21-13)8-20-14(17)9-22-11-5-3-10(4-6-11)15(18)19/h1-7H,8-9H2. The van der Waals surface area contributed by atoms with Crippen LogP contribution in [-0.2, 0) is 9.53 Å². The molecule has 0 atom stereocenters. The molecule has 0 N–H and O–H groups in total. The Morgan fingerprint density at radius 1 is 1.23 bits per heavy atom. The van der Waals surface area contributed by atoms with Gasteiger partial charge in [0.2, 0.25) is 5.78 Å². The molecule has 6 nitrogen and oxygen atoms in total. The fourth-order valence-corrected chi connectivity index (χ4v) is 2.85. The molecule has 0 unspecified atom stereocenters. The zero-order valence-corrected chi connectivity index (χ0v) is 12.9. The lowest BCUT2D eigenvalue weighted by Crippen LogP contribution is -2.14. The lowest BCUT2D eigenvalue weighted by atomic mass is 10.3. The molecule has 114 valence electrons. The molecule has 0 bridgehead atoms. The first-order valence-corrected chi connectivity index (χ1v) is 8.02. The molecule has 2 rings (SSSR count). The van der Waals surface area contributed by atoms with Crippen LogP contribution in [0.5, 0.6) is 0 Å². The van der Waals surface area contributed by atoms with E-state index in [1.807, 2.05) is 0 Å². The Bertz CT molecular complexity index is 667. The van der Waals surface area contributed by atoms with E-state index in [1.165, 1.54) is 35.2 Å².